The third kappa shape index (κ3) is 2.97. The molecule has 1 aliphatic carbocycles. The van der Waals surface area contributed by atoms with Crippen LogP contribution in [0.15, 0.2) is 35.4 Å². The maximum absolute atomic E-state index is 12.1. The Bertz CT molecular complexity index is 680. The van der Waals surface area contributed by atoms with E-state index >= 15 is 0 Å². The van der Waals surface area contributed by atoms with Crippen molar-refractivity contribution >= 4 is 23.0 Å². The van der Waals surface area contributed by atoms with E-state index in [9.17, 15) is 9.90 Å². The van der Waals surface area contributed by atoms with Crippen molar-refractivity contribution in [2.24, 2.45) is 5.10 Å². The molecule has 2 aromatic rings. The molecule has 1 amide bonds. The lowest BCUT2D eigenvalue weighted by Gasteiger charge is -2.02. The van der Waals surface area contributed by atoms with E-state index in [1.807, 2.05) is 13.0 Å². The van der Waals surface area contributed by atoms with E-state index in [4.69, 9.17) is 0 Å². The van der Waals surface area contributed by atoms with Crippen LogP contribution in [0.25, 0.3) is 0 Å². The number of fused-ring (bicyclic) bond motifs is 1. The first-order valence-corrected chi connectivity index (χ1v) is 7.71. The molecule has 2 N–H and O–H groups in total. The van der Waals surface area contributed by atoms with Crippen LogP contribution in [0.5, 0.6) is 5.75 Å². The Hall–Kier alpha value is -2.14. The van der Waals surface area contributed by atoms with E-state index in [0.29, 0.717) is 5.71 Å². The summed E-state index contributed by atoms with van der Waals surface area (Å²) in [4.78, 5) is 14.1. The summed E-state index contributed by atoms with van der Waals surface area (Å²) in [6.07, 6.45) is 3.36. The molecule has 0 saturated heterocycles. The number of hydrogen-bond acceptors (Lipinski definition) is 4. The molecule has 0 radical (unpaired) electrons. The van der Waals surface area contributed by atoms with Crippen molar-refractivity contribution in [3.05, 3.63) is 51.2 Å². The standard InChI is InChI=1S/C16H16N2O2S/c1-10(11-5-7-13(19)8-6-11)17-18-16(20)15-9-12-3-2-4-14(12)21-15/h5-9,19H,2-4H2,1H3,(H,18,20)/b17-10+. The molecule has 3 rings (SSSR count). The van der Waals surface area contributed by atoms with Gasteiger partial charge in [0.2, 0.25) is 0 Å². The molecule has 0 saturated carbocycles. The molecule has 1 aliphatic rings. The van der Waals surface area contributed by atoms with Gasteiger partial charge in [-0.2, -0.15) is 5.10 Å². The Morgan fingerprint density at radius 3 is 2.76 bits per heavy atom. The van der Waals surface area contributed by atoms with Gasteiger partial charge < -0.3 is 5.11 Å². The fourth-order valence-electron chi connectivity index (χ4n) is 2.40. The summed E-state index contributed by atoms with van der Waals surface area (Å²) in [6, 6.07) is 8.70. The van der Waals surface area contributed by atoms with E-state index in [0.717, 1.165) is 23.3 Å². The number of phenolic OH excluding ortho intramolecular Hbond substituents is 1. The van der Waals surface area contributed by atoms with Crippen LogP contribution in [0, 0.1) is 0 Å². The van der Waals surface area contributed by atoms with Gasteiger partial charge in [0, 0.05) is 4.88 Å². The number of nitrogens with zero attached hydrogens (tertiary/aromatic N) is 1. The zero-order valence-corrected chi connectivity index (χ0v) is 12.5. The minimum Gasteiger partial charge on any atom is -0.508 e. The molecule has 0 fully saturated rings. The maximum Gasteiger partial charge on any atom is 0.281 e. The highest BCUT2D eigenvalue weighted by atomic mass is 32.1. The average Bonchev–Trinajstić information content (AvgIpc) is 3.06. The summed E-state index contributed by atoms with van der Waals surface area (Å²) < 4.78 is 0. The van der Waals surface area contributed by atoms with E-state index in [-0.39, 0.29) is 11.7 Å². The topological polar surface area (TPSA) is 61.7 Å². The lowest BCUT2D eigenvalue weighted by Crippen LogP contribution is -2.18. The van der Waals surface area contributed by atoms with Gasteiger partial charge in [0.1, 0.15) is 5.75 Å². The number of carbonyl (C=O) groups is 1. The van der Waals surface area contributed by atoms with E-state index < -0.39 is 0 Å². The second-order valence-electron chi connectivity index (χ2n) is 5.10. The summed E-state index contributed by atoms with van der Waals surface area (Å²) in [5, 5.41) is 13.4. The fourth-order valence-corrected chi connectivity index (χ4v) is 3.54. The highest BCUT2D eigenvalue weighted by Crippen LogP contribution is 2.30. The number of amides is 1. The van der Waals surface area contributed by atoms with Gasteiger partial charge in [-0.25, -0.2) is 5.43 Å². The number of aromatic hydroxyl groups is 1. The third-order valence-corrected chi connectivity index (χ3v) is 4.82. The maximum atomic E-state index is 12.1. The predicted molar refractivity (Wildman–Crippen MR) is 84.1 cm³/mol. The number of nitrogens with one attached hydrogen (secondary N) is 1. The van der Waals surface area contributed by atoms with E-state index in [1.54, 1.807) is 35.6 Å². The number of aryl methyl sites for hydroxylation is 2. The molecule has 0 bridgehead atoms. The molecule has 21 heavy (non-hydrogen) atoms. The molecule has 5 heteroatoms. The van der Waals surface area contributed by atoms with Crippen LogP contribution in [-0.2, 0) is 12.8 Å². The third-order valence-electron chi connectivity index (χ3n) is 3.58. The van der Waals surface area contributed by atoms with Crippen LogP contribution < -0.4 is 5.43 Å². The largest absolute Gasteiger partial charge is 0.508 e. The number of benzene rings is 1. The van der Waals surface area contributed by atoms with E-state index in [1.165, 1.54) is 16.9 Å². The van der Waals surface area contributed by atoms with E-state index in [2.05, 4.69) is 10.5 Å². The minimum absolute atomic E-state index is 0.160. The van der Waals surface area contributed by atoms with Crippen LogP contribution in [0.1, 0.15) is 39.0 Å². The Labute approximate surface area is 127 Å². The summed E-state index contributed by atoms with van der Waals surface area (Å²) in [5.74, 6) is 0.0521. The molecule has 1 aromatic carbocycles. The summed E-state index contributed by atoms with van der Waals surface area (Å²) in [5.41, 5.74) is 5.47. The number of thiophene rings is 1. The Morgan fingerprint density at radius 2 is 2.05 bits per heavy atom. The first-order valence-electron chi connectivity index (χ1n) is 6.89. The second kappa shape index (κ2) is 5.69. The summed E-state index contributed by atoms with van der Waals surface area (Å²) in [7, 11) is 0. The van der Waals surface area contributed by atoms with Crippen molar-refractivity contribution in [2.75, 3.05) is 0 Å². The minimum atomic E-state index is -0.160. The molecule has 1 heterocycles. The van der Waals surface area contributed by atoms with Gasteiger partial charge >= 0.3 is 0 Å². The molecule has 0 unspecified atom stereocenters. The van der Waals surface area contributed by atoms with Gasteiger partial charge in [-0.15, -0.1) is 11.3 Å². The summed E-state index contributed by atoms with van der Waals surface area (Å²) in [6.45, 7) is 1.82. The van der Waals surface area contributed by atoms with Gasteiger partial charge in [-0.1, -0.05) is 0 Å². The Kier molecular flexibility index (Phi) is 3.75. The molecule has 108 valence electrons. The van der Waals surface area contributed by atoms with Crippen molar-refractivity contribution in [1.29, 1.82) is 0 Å². The zero-order chi connectivity index (χ0) is 14.8. The average molecular weight is 300 g/mol. The van der Waals surface area contributed by atoms with Crippen LogP contribution in [0.3, 0.4) is 0 Å². The van der Waals surface area contributed by atoms with Gasteiger partial charge in [0.05, 0.1) is 10.6 Å². The molecule has 1 aromatic heterocycles. The molecule has 0 atom stereocenters. The number of hydrazone groups is 1. The van der Waals surface area contributed by atoms with Gasteiger partial charge in [-0.3, -0.25) is 4.79 Å². The predicted octanol–water partition coefficient (Wildman–Crippen LogP) is 3.10. The quantitative estimate of drug-likeness (QED) is 0.676. The van der Waals surface area contributed by atoms with Crippen molar-refractivity contribution in [3.63, 3.8) is 0 Å². The highest BCUT2D eigenvalue weighted by Gasteiger charge is 2.18. The number of rotatable bonds is 3. The normalized spacial score (nSPS) is 14.0. The monoisotopic (exact) mass is 300 g/mol. The first-order chi connectivity index (χ1) is 10.1. The summed E-state index contributed by atoms with van der Waals surface area (Å²) >= 11 is 1.57. The molecule has 0 spiro atoms. The van der Waals surface area contributed by atoms with Crippen LogP contribution in [0.2, 0.25) is 0 Å². The fraction of sp³-hybridized carbons (Fsp3) is 0.250. The van der Waals surface area contributed by atoms with Crippen LogP contribution in [-0.4, -0.2) is 16.7 Å². The van der Waals surface area contributed by atoms with Gasteiger partial charge in [0.25, 0.3) is 5.91 Å². The number of hydrogen-bond donors (Lipinski definition) is 2. The SMILES string of the molecule is C/C(=N\NC(=O)c1cc2c(s1)CCC2)c1ccc(O)cc1. The Morgan fingerprint density at radius 1 is 1.29 bits per heavy atom. The lowest BCUT2D eigenvalue weighted by molar-refractivity contribution is 0.0959. The highest BCUT2D eigenvalue weighted by molar-refractivity contribution is 7.14. The van der Waals surface area contributed by atoms with Crippen molar-refractivity contribution < 1.29 is 9.90 Å². The van der Waals surface area contributed by atoms with Crippen molar-refractivity contribution in [2.45, 2.75) is 26.2 Å². The smallest absolute Gasteiger partial charge is 0.281 e. The molecular weight excluding hydrogens is 284 g/mol. The van der Waals surface area contributed by atoms with Crippen LogP contribution in [0.4, 0.5) is 0 Å². The zero-order valence-electron chi connectivity index (χ0n) is 11.7. The van der Waals surface area contributed by atoms with Crippen molar-refractivity contribution in [1.82, 2.24) is 5.43 Å². The number of carbonyl (C=O) groups excluding carboxylic acids is 1. The van der Waals surface area contributed by atoms with Crippen molar-refractivity contribution in [3.8, 4) is 5.75 Å². The van der Waals surface area contributed by atoms with Gasteiger partial charge in [0.15, 0.2) is 0 Å². The van der Waals surface area contributed by atoms with Crippen LogP contribution >= 0.6 is 11.3 Å². The lowest BCUT2D eigenvalue weighted by atomic mass is 10.1. The Balaban J connectivity index is 1.69. The molecular formula is C16H16N2O2S. The molecule has 4 nitrogen and oxygen atoms in total. The number of phenols is 1. The second-order valence-corrected chi connectivity index (χ2v) is 6.23. The molecule has 0 aliphatic heterocycles. The first kappa shape index (κ1) is 13.8. The van der Waals surface area contributed by atoms with Gasteiger partial charge in [-0.05, 0) is 67.6 Å².